The SMILES string of the molecule is COCC(C)NS(=O)(=O)c1ccc(NC(=O)C2CC(=O)N(CC(F)(F)F)C2)cc1. The van der Waals surface area contributed by atoms with Crippen molar-refractivity contribution >= 4 is 27.5 Å². The first kappa shape index (κ1) is 23.1. The lowest BCUT2D eigenvalue weighted by Crippen LogP contribution is -2.36. The Morgan fingerprint density at radius 1 is 1.31 bits per heavy atom. The van der Waals surface area contributed by atoms with E-state index in [1.165, 1.54) is 31.4 Å². The van der Waals surface area contributed by atoms with Gasteiger partial charge >= 0.3 is 6.18 Å². The van der Waals surface area contributed by atoms with Crippen molar-refractivity contribution in [1.82, 2.24) is 9.62 Å². The lowest BCUT2D eigenvalue weighted by atomic mass is 10.1. The molecule has 2 atom stereocenters. The van der Waals surface area contributed by atoms with E-state index < -0.39 is 46.5 Å². The van der Waals surface area contributed by atoms with E-state index in [1.54, 1.807) is 6.92 Å². The molecule has 2 unspecified atom stereocenters. The van der Waals surface area contributed by atoms with Crippen LogP contribution in [0.4, 0.5) is 18.9 Å². The molecule has 1 aromatic rings. The lowest BCUT2D eigenvalue weighted by Gasteiger charge is -2.18. The molecule has 0 saturated carbocycles. The fourth-order valence-electron chi connectivity index (χ4n) is 2.90. The van der Waals surface area contributed by atoms with Gasteiger partial charge in [-0.1, -0.05) is 0 Å². The van der Waals surface area contributed by atoms with Gasteiger partial charge < -0.3 is 15.0 Å². The van der Waals surface area contributed by atoms with Crippen molar-refractivity contribution < 1.29 is 35.9 Å². The maximum absolute atomic E-state index is 12.5. The van der Waals surface area contributed by atoms with E-state index in [1.807, 2.05) is 0 Å². The third-order valence-corrected chi connectivity index (χ3v) is 5.77. The van der Waals surface area contributed by atoms with Crippen molar-refractivity contribution in [3.63, 3.8) is 0 Å². The van der Waals surface area contributed by atoms with E-state index in [2.05, 4.69) is 10.0 Å². The molecule has 1 fully saturated rings. The highest BCUT2D eigenvalue weighted by molar-refractivity contribution is 7.89. The minimum atomic E-state index is -4.53. The molecule has 0 aliphatic carbocycles. The maximum atomic E-state index is 12.5. The van der Waals surface area contributed by atoms with Crippen LogP contribution in [-0.4, -0.2) is 64.2 Å². The van der Waals surface area contributed by atoms with Crippen LogP contribution in [0.25, 0.3) is 0 Å². The van der Waals surface area contributed by atoms with Crippen molar-refractivity contribution in [3.8, 4) is 0 Å². The summed E-state index contributed by atoms with van der Waals surface area (Å²) in [5.74, 6) is -2.25. The molecule has 1 saturated heterocycles. The first-order valence-corrected chi connectivity index (χ1v) is 10.2. The molecule has 1 aliphatic rings. The third-order valence-electron chi connectivity index (χ3n) is 4.16. The van der Waals surface area contributed by atoms with Crippen LogP contribution in [0.2, 0.25) is 0 Å². The van der Waals surface area contributed by atoms with Crippen LogP contribution in [0, 0.1) is 5.92 Å². The second-order valence-electron chi connectivity index (χ2n) is 6.78. The van der Waals surface area contributed by atoms with Crippen LogP contribution in [-0.2, 0) is 24.3 Å². The number of hydrogen-bond acceptors (Lipinski definition) is 5. The smallest absolute Gasteiger partial charge is 0.383 e. The average Bonchev–Trinajstić information content (AvgIpc) is 2.94. The summed E-state index contributed by atoms with van der Waals surface area (Å²) in [7, 11) is -2.33. The summed E-state index contributed by atoms with van der Waals surface area (Å²) in [6, 6.07) is 4.85. The molecular weight excluding hydrogens is 415 g/mol. The molecular formula is C17H22F3N3O5S. The molecule has 1 aromatic carbocycles. The number of rotatable bonds is 8. The van der Waals surface area contributed by atoms with Gasteiger partial charge in [-0.05, 0) is 31.2 Å². The van der Waals surface area contributed by atoms with Gasteiger partial charge in [-0.25, -0.2) is 13.1 Å². The van der Waals surface area contributed by atoms with Crippen LogP contribution in [0.1, 0.15) is 13.3 Å². The molecule has 0 spiro atoms. The molecule has 2 N–H and O–H groups in total. The van der Waals surface area contributed by atoms with Gasteiger partial charge in [0.25, 0.3) is 0 Å². The molecule has 0 aromatic heterocycles. The van der Waals surface area contributed by atoms with Crippen molar-refractivity contribution in [1.29, 1.82) is 0 Å². The van der Waals surface area contributed by atoms with Crippen molar-refractivity contribution in [2.75, 3.05) is 32.1 Å². The molecule has 8 nitrogen and oxygen atoms in total. The monoisotopic (exact) mass is 437 g/mol. The molecule has 29 heavy (non-hydrogen) atoms. The van der Waals surface area contributed by atoms with E-state index in [0.717, 1.165) is 0 Å². The standard InChI is InChI=1S/C17H22F3N3O5S/c1-11(9-28-2)22-29(26,27)14-5-3-13(4-6-14)21-16(25)12-7-15(24)23(8-12)10-17(18,19)20/h3-6,11-12,22H,7-10H2,1-2H3,(H,21,25). The number of alkyl halides is 3. The summed E-state index contributed by atoms with van der Waals surface area (Å²) in [4.78, 5) is 24.5. The van der Waals surface area contributed by atoms with Gasteiger partial charge in [0.05, 0.1) is 17.4 Å². The van der Waals surface area contributed by atoms with Crippen LogP contribution in [0.15, 0.2) is 29.2 Å². The normalized spacial score (nSPS) is 18.7. The lowest BCUT2D eigenvalue weighted by molar-refractivity contribution is -0.157. The number of carbonyl (C=O) groups excluding carboxylic acids is 2. The number of methoxy groups -OCH3 is 1. The Hall–Kier alpha value is -2.18. The fraction of sp³-hybridized carbons (Fsp3) is 0.529. The summed E-state index contributed by atoms with van der Waals surface area (Å²) in [6.45, 7) is 0.119. The Labute approximate surface area is 166 Å². The molecule has 2 amide bonds. The summed E-state index contributed by atoms with van der Waals surface area (Å²) in [5, 5.41) is 2.49. The molecule has 1 aliphatic heterocycles. The number of carbonyl (C=O) groups is 2. The number of hydrogen-bond donors (Lipinski definition) is 2. The summed E-state index contributed by atoms with van der Waals surface area (Å²) in [5.41, 5.74) is 0.264. The first-order valence-electron chi connectivity index (χ1n) is 8.68. The van der Waals surface area contributed by atoms with E-state index in [9.17, 15) is 31.2 Å². The largest absolute Gasteiger partial charge is 0.406 e. The third kappa shape index (κ3) is 6.68. The Kier molecular flexibility index (Phi) is 7.25. The fourth-order valence-corrected chi connectivity index (χ4v) is 4.12. The Morgan fingerprint density at radius 2 is 1.93 bits per heavy atom. The van der Waals surface area contributed by atoms with Gasteiger partial charge in [0.1, 0.15) is 6.54 Å². The van der Waals surface area contributed by atoms with E-state index in [4.69, 9.17) is 4.74 Å². The Balaban J connectivity index is 1.98. The van der Waals surface area contributed by atoms with Crippen molar-refractivity contribution in [2.24, 2.45) is 5.92 Å². The van der Waals surface area contributed by atoms with Gasteiger partial charge in [-0.15, -0.1) is 0 Å². The average molecular weight is 437 g/mol. The zero-order chi connectivity index (χ0) is 21.8. The zero-order valence-corrected chi connectivity index (χ0v) is 16.6. The highest BCUT2D eigenvalue weighted by Gasteiger charge is 2.40. The second-order valence-corrected chi connectivity index (χ2v) is 8.50. The number of amides is 2. The van der Waals surface area contributed by atoms with Gasteiger partial charge in [0.15, 0.2) is 0 Å². The number of nitrogens with zero attached hydrogens (tertiary/aromatic N) is 1. The summed E-state index contributed by atoms with van der Waals surface area (Å²) in [6.07, 6.45) is -4.84. The summed E-state index contributed by atoms with van der Waals surface area (Å²) < 4.78 is 69.2. The first-order chi connectivity index (χ1) is 13.4. The van der Waals surface area contributed by atoms with Gasteiger partial charge in [-0.2, -0.15) is 13.2 Å². The van der Waals surface area contributed by atoms with Crippen LogP contribution < -0.4 is 10.0 Å². The molecule has 12 heteroatoms. The van der Waals surface area contributed by atoms with Gasteiger partial charge in [0, 0.05) is 31.8 Å². The van der Waals surface area contributed by atoms with Crippen molar-refractivity contribution in [2.45, 2.75) is 30.5 Å². The molecule has 2 rings (SSSR count). The van der Waals surface area contributed by atoms with E-state index >= 15 is 0 Å². The molecule has 162 valence electrons. The number of sulfonamides is 1. The van der Waals surface area contributed by atoms with Crippen LogP contribution >= 0.6 is 0 Å². The number of halogens is 3. The number of anilines is 1. The Morgan fingerprint density at radius 3 is 2.48 bits per heavy atom. The molecule has 1 heterocycles. The maximum Gasteiger partial charge on any atom is 0.406 e. The van der Waals surface area contributed by atoms with Crippen molar-refractivity contribution in [3.05, 3.63) is 24.3 Å². The zero-order valence-electron chi connectivity index (χ0n) is 15.8. The van der Waals surface area contributed by atoms with Gasteiger partial charge in [0.2, 0.25) is 21.8 Å². The number of nitrogens with one attached hydrogen (secondary N) is 2. The highest BCUT2D eigenvalue weighted by atomic mass is 32.2. The van der Waals surface area contributed by atoms with Crippen LogP contribution in [0.3, 0.4) is 0 Å². The predicted molar refractivity (Wildman–Crippen MR) is 97.5 cm³/mol. The quantitative estimate of drug-likeness (QED) is 0.639. The number of ether oxygens (including phenoxy) is 1. The molecule has 0 bridgehead atoms. The van der Waals surface area contributed by atoms with E-state index in [-0.39, 0.29) is 30.2 Å². The van der Waals surface area contributed by atoms with Gasteiger partial charge in [-0.3, -0.25) is 9.59 Å². The van der Waals surface area contributed by atoms with E-state index in [0.29, 0.717) is 4.90 Å². The predicted octanol–water partition coefficient (Wildman–Crippen LogP) is 1.35. The minimum absolute atomic E-state index is 0.0224. The number of likely N-dealkylation sites (tertiary alicyclic amines) is 1. The topological polar surface area (TPSA) is 105 Å². The second kappa shape index (κ2) is 9.09. The minimum Gasteiger partial charge on any atom is -0.383 e. The Bertz CT molecular complexity index is 843. The summed E-state index contributed by atoms with van der Waals surface area (Å²) >= 11 is 0. The number of benzene rings is 1. The van der Waals surface area contributed by atoms with Crippen LogP contribution in [0.5, 0.6) is 0 Å². The molecule has 0 radical (unpaired) electrons. The highest BCUT2D eigenvalue weighted by Crippen LogP contribution is 2.25.